The van der Waals surface area contributed by atoms with E-state index in [0.29, 0.717) is 21.5 Å². The van der Waals surface area contributed by atoms with E-state index in [4.69, 9.17) is 23.2 Å². The third kappa shape index (κ3) is 2.78. The lowest BCUT2D eigenvalue weighted by molar-refractivity contribution is -0.124. The fourth-order valence-electron chi connectivity index (χ4n) is 2.84. The van der Waals surface area contributed by atoms with Gasteiger partial charge in [0.25, 0.3) is 0 Å². The van der Waals surface area contributed by atoms with Crippen LogP contribution in [0.1, 0.15) is 37.7 Å². The van der Waals surface area contributed by atoms with Crippen molar-refractivity contribution in [3.8, 4) is 6.07 Å². The van der Waals surface area contributed by atoms with E-state index >= 15 is 0 Å². The zero-order valence-electron chi connectivity index (χ0n) is 10.7. The maximum Gasteiger partial charge on any atom is 0.157 e. The number of hydrogen-bond acceptors (Lipinski definition) is 2. The van der Waals surface area contributed by atoms with Crippen LogP contribution in [0.3, 0.4) is 0 Å². The Balaban J connectivity index is 2.35. The van der Waals surface area contributed by atoms with Gasteiger partial charge in [-0.3, -0.25) is 4.79 Å². The molecule has 0 aromatic heterocycles. The summed E-state index contributed by atoms with van der Waals surface area (Å²) in [7, 11) is 0. The molecule has 4 heteroatoms. The lowest BCUT2D eigenvalue weighted by atomic mass is 9.83. The van der Waals surface area contributed by atoms with Gasteiger partial charge in [-0.1, -0.05) is 42.6 Å². The molecule has 0 saturated heterocycles. The summed E-state index contributed by atoms with van der Waals surface area (Å²) < 4.78 is 0. The number of nitrogens with zero attached hydrogens (tertiary/aromatic N) is 1. The SMILES string of the molecule is CC1CCCC1C(=O)C(C#N)c1c(Cl)cccc1Cl. The molecule has 0 radical (unpaired) electrons. The summed E-state index contributed by atoms with van der Waals surface area (Å²) in [4.78, 5) is 12.6. The van der Waals surface area contributed by atoms with Crippen molar-refractivity contribution in [1.82, 2.24) is 0 Å². The van der Waals surface area contributed by atoms with E-state index in [1.165, 1.54) is 0 Å². The first kappa shape index (κ1) is 14.4. The van der Waals surface area contributed by atoms with Crippen molar-refractivity contribution in [2.24, 2.45) is 11.8 Å². The first-order chi connectivity index (χ1) is 9.06. The van der Waals surface area contributed by atoms with Gasteiger partial charge < -0.3 is 0 Å². The molecule has 3 unspecified atom stereocenters. The van der Waals surface area contributed by atoms with Gasteiger partial charge >= 0.3 is 0 Å². The Bertz CT molecular complexity index is 515. The Morgan fingerprint density at radius 3 is 2.47 bits per heavy atom. The number of hydrogen-bond donors (Lipinski definition) is 0. The number of halogens is 2. The van der Waals surface area contributed by atoms with Crippen molar-refractivity contribution >= 4 is 29.0 Å². The van der Waals surface area contributed by atoms with Crippen LogP contribution in [0.2, 0.25) is 10.0 Å². The van der Waals surface area contributed by atoms with Crippen LogP contribution in [0.15, 0.2) is 18.2 Å². The van der Waals surface area contributed by atoms with E-state index in [-0.39, 0.29) is 11.7 Å². The standard InChI is InChI=1S/C15H15Cl2NO/c1-9-4-2-5-10(9)15(19)11(8-18)14-12(16)6-3-7-13(14)17/h3,6-7,9-11H,2,4-5H2,1H3. The van der Waals surface area contributed by atoms with E-state index in [1.807, 2.05) is 0 Å². The topological polar surface area (TPSA) is 40.9 Å². The molecular weight excluding hydrogens is 281 g/mol. The Morgan fingerprint density at radius 2 is 2.00 bits per heavy atom. The second-order valence-corrected chi connectivity index (χ2v) is 5.93. The van der Waals surface area contributed by atoms with E-state index in [9.17, 15) is 10.1 Å². The zero-order valence-corrected chi connectivity index (χ0v) is 12.2. The third-order valence-corrected chi connectivity index (χ3v) is 4.59. The van der Waals surface area contributed by atoms with Gasteiger partial charge in [0.1, 0.15) is 5.92 Å². The van der Waals surface area contributed by atoms with E-state index in [1.54, 1.807) is 18.2 Å². The molecule has 1 saturated carbocycles. The lowest BCUT2D eigenvalue weighted by Crippen LogP contribution is -2.23. The molecular formula is C15H15Cl2NO. The van der Waals surface area contributed by atoms with Crippen LogP contribution in [0.5, 0.6) is 0 Å². The van der Waals surface area contributed by atoms with Gasteiger partial charge in [-0.05, 0) is 30.9 Å². The second kappa shape index (κ2) is 5.94. The highest BCUT2D eigenvalue weighted by atomic mass is 35.5. The predicted octanol–water partition coefficient (Wildman–Crippen LogP) is 4.61. The van der Waals surface area contributed by atoms with E-state index < -0.39 is 5.92 Å². The van der Waals surface area contributed by atoms with Gasteiger partial charge in [-0.25, -0.2) is 0 Å². The molecule has 0 spiro atoms. The van der Waals surface area contributed by atoms with Crippen LogP contribution in [0.25, 0.3) is 0 Å². The maximum absolute atomic E-state index is 12.6. The van der Waals surface area contributed by atoms with Gasteiger partial charge in [-0.2, -0.15) is 5.26 Å². The van der Waals surface area contributed by atoms with Gasteiger partial charge in [0.05, 0.1) is 6.07 Å². The number of Topliss-reactive ketones (excluding diaryl/α,β-unsaturated/α-hetero) is 1. The summed E-state index contributed by atoms with van der Waals surface area (Å²) in [5.74, 6) is -0.601. The fourth-order valence-corrected chi connectivity index (χ4v) is 3.45. The monoisotopic (exact) mass is 295 g/mol. The number of carbonyl (C=O) groups excluding carboxylic acids is 1. The molecule has 1 aliphatic carbocycles. The molecule has 0 heterocycles. The molecule has 1 aromatic rings. The van der Waals surface area contributed by atoms with Crippen molar-refractivity contribution in [2.75, 3.05) is 0 Å². The van der Waals surface area contributed by atoms with Gasteiger partial charge in [-0.15, -0.1) is 0 Å². The summed E-state index contributed by atoms with van der Waals surface area (Å²) in [6, 6.07) is 7.12. The van der Waals surface area contributed by atoms with Crippen molar-refractivity contribution in [3.63, 3.8) is 0 Å². The van der Waals surface area contributed by atoms with Crippen LogP contribution in [0, 0.1) is 23.2 Å². The average molecular weight is 296 g/mol. The maximum atomic E-state index is 12.6. The van der Waals surface area contributed by atoms with Crippen molar-refractivity contribution < 1.29 is 4.79 Å². The second-order valence-electron chi connectivity index (χ2n) is 5.11. The van der Waals surface area contributed by atoms with Gasteiger partial charge in [0.15, 0.2) is 5.78 Å². The Labute approximate surface area is 123 Å². The normalized spacial score (nSPS) is 23.9. The quantitative estimate of drug-likeness (QED) is 0.817. The van der Waals surface area contributed by atoms with Gasteiger partial charge in [0, 0.05) is 21.5 Å². The highest BCUT2D eigenvalue weighted by molar-refractivity contribution is 6.36. The molecule has 1 aliphatic rings. The van der Waals surface area contributed by atoms with Crippen LogP contribution < -0.4 is 0 Å². The lowest BCUT2D eigenvalue weighted by Gasteiger charge is -2.19. The number of rotatable bonds is 3. The Morgan fingerprint density at radius 1 is 1.37 bits per heavy atom. The third-order valence-electron chi connectivity index (χ3n) is 3.93. The summed E-state index contributed by atoms with van der Waals surface area (Å²) >= 11 is 12.2. The highest BCUT2D eigenvalue weighted by Crippen LogP contribution is 2.39. The molecule has 0 bridgehead atoms. The summed E-state index contributed by atoms with van der Waals surface area (Å²) in [6.45, 7) is 2.07. The summed E-state index contributed by atoms with van der Waals surface area (Å²) in [5, 5.41) is 10.1. The fraction of sp³-hybridized carbons (Fsp3) is 0.467. The van der Waals surface area contributed by atoms with Crippen LogP contribution in [0.4, 0.5) is 0 Å². The number of ketones is 1. The number of benzene rings is 1. The van der Waals surface area contributed by atoms with Crippen molar-refractivity contribution in [3.05, 3.63) is 33.8 Å². The zero-order chi connectivity index (χ0) is 14.0. The minimum atomic E-state index is -0.855. The molecule has 0 amide bonds. The van der Waals surface area contributed by atoms with Crippen molar-refractivity contribution in [2.45, 2.75) is 32.1 Å². The van der Waals surface area contributed by atoms with Gasteiger partial charge in [0.2, 0.25) is 0 Å². The number of carbonyl (C=O) groups is 1. The summed E-state index contributed by atoms with van der Waals surface area (Å²) in [5.41, 5.74) is 0.456. The minimum absolute atomic E-state index is 0.0394. The van der Waals surface area contributed by atoms with Crippen LogP contribution in [-0.2, 0) is 4.79 Å². The van der Waals surface area contributed by atoms with E-state index in [2.05, 4.69) is 13.0 Å². The molecule has 0 N–H and O–H groups in total. The summed E-state index contributed by atoms with van der Waals surface area (Å²) in [6.07, 6.45) is 2.96. The highest BCUT2D eigenvalue weighted by Gasteiger charge is 2.36. The first-order valence-electron chi connectivity index (χ1n) is 6.43. The van der Waals surface area contributed by atoms with Crippen molar-refractivity contribution in [1.29, 1.82) is 5.26 Å². The Hall–Kier alpha value is -1.04. The molecule has 100 valence electrons. The average Bonchev–Trinajstić information content (AvgIpc) is 2.79. The molecule has 1 aromatic carbocycles. The molecule has 0 aliphatic heterocycles. The molecule has 1 fully saturated rings. The molecule has 19 heavy (non-hydrogen) atoms. The molecule has 3 atom stereocenters. The van der Waals surface area contributed by atoms with Crippen LogP contribution in [-0.4, -0.2) is 5.78 Å². The largest absolute Gasteiger partial charge is 0.298 e. The smallest absolute Gasteiger partial charge is 0.157 e. The predicted molar refractivity (Wildman–Crippen MR) is 76.3 cm³/mol. The van der Waals surface area contributed by atoms with Crippen LogP contribution >= 0.6 is 23.2 Å². The Kier molecular flexibility index (Phi) is 4.50. The number of nitriles is 1. The molecule has 2 nitrogen and oxygen atoms in total. The van der Waals surface area contributed by atoms with E-state index in [0.717, 1.165) is 19.3 Å². The minimum Gasteiger partial charge on any atom is -0.298 e. The molecule has 2 rings (SSSR count). The first-order valence-corrected chi connectivity index (χ1v) is 7.19.